The molecule has 1 fully saturated rings. The molecule has 1 heterocycles. The van der Waals surface area contributed by atoms with E-state index in [0.29, 0.717) is 0 Å². The summed E-state index contributed by atoms with van der Waals surface area (Å²) in [5, 5.41) is 3.24. The lowest BCUT2D eigenvalue weighted by atomic mass is 10.2. The van der Waals surface area contributed by atoms with Crippen molar-refractivity contribution in [2.24, 2.45) is 5.92 Å². The predicted molar refractivity (Wildman–Crippen MR) is 49.3 cm³/mol. The van der Waals surface area contributed by atoms with Crippen LogP contribution < -0.4 is 0 Å². The van der Waals surface area contributed by atoms with Crippen molar-refractivity contribution < 1.29 is 4.74 Å². The van der Waals surface area contributed by atoms with E-state index in [9.17, 15) is 0 Å². The number of ether oxygens (including phenoxy) is 1. The first-order valence-corrected chi connectivity index (χ1v) is 5.14. The quantitative estimate of drug-likeness (QED) is 0.718. The molecule has 0 radical (unpaired) electrons. The Bertz CT molecular complexity index is 267. The van der Waals surface area contributed by atoms with Gasteiger partial charge in [0.15, 0.2) is 0 Å². The molecule has 3 heteroatoms. The molecule has 1 aliphatic rings. The maximum absolute atomic E-state index is 5.42. The maximum atomic E-state index is 5.42. The molecule has 1 aromatic heterocycles. The van der Waals surface area contributed by atoms with Crippen molar-refractivity contribution in [3.63, 3.8) is 0 Å². The molecule has 2 nitrogen and oxygen atoms in total. The molecule has 1 atom stereocenters. The van der Waals surface area contributed by atoms with Crippen molar-refractivity contribution in [1.29, 1.82) is 0 Å². The first-order valence-electron chi connectivity index (χ1n) is 4.26. The summed E-state index contributed by atoms with van der Waals surface area (Å²) in [6.45, 7) is 2.03. The van der Waals surface area contributed by atoms with Crippen molar-refractivity contribution in [3.8, 4) is 0 Å². The van der Waals surface area contributed by atoms with Gasteiger partial charge in [0.1, 0.15) is 11.1 Å². The first kappa shape index (κ1) is 8.20. The summed E-state index contributed by atoms with van der Waals surface area (Å²) in [6, 6.07) is 0. The third-order valence-corrected chi connectivity index (χ3v) is 3.21. The highest BCUT2D eigenvalue weighted by Crippen LogP contribution is 2.43. The van der Waals surface area contributed by atoms with Crippen LogP contribution in [-0.2, 0) is 4.74 Å². The Morgan fingerprint density at radius 1 is 1.67 bits per heavy atom. The van der Waals surface area contributed by atoms with Crippen LogP contribution in [0.5, 0.6) is 0 Å². The Hall–Kier alpha value is -0.410. The van der Waals surface area contributed by atoms with Crippen LogP contribution >= 0.6 is 11.3 Å². The second-order valence-corrected chi connectivity index (χ2v) is 4.21. The molecular formula is C9H13NOS. The van der Waals surface area contributed by atoms with Gasteiger partial charge in [0.05, 0.1) is 0 Å². The molecule has 0 amide bonds. The second kappa shape index (κ2) is 3.15. The smallest absolute Gasteiger partial charge is 0.122 e. The fourth-order valence-electron chi connectivity index (χ4n) is 1.40. The van der Waals surface area contributed by atoms with Gasteiger partial charge in [-0.05, 0) is 25.7 Å². The number of aryl methyl sites for hydroxylation is 1. The average molecular weight is 183 g/mol. The minimum absolute atomic E-state index is 0.267. The third kappa shape index (κ3) is 1.52. The standard InChI is InChI=1S/C9H13NOS/c1-6-5-12-9(10-6)8(11-2)7-3-4-7/h5,7-8H,3-4H2,1-2H3. The lowest BCUT2D eigenvalue weighted by Crippen LogP contribution is -2.02. The van der Waals surface area contributed by atoms with Crippen molar-refractivity contribution >= 4 is 11.3 Å². The van der Waals surface area contributed by atoms with E-state index in [1.165, 1.54) is 12.8 Å². The molecule has 0 aliphatic heterocycles. The van der Waals surface area contributed by atoms with Crippen LogP contribution in [0, 0.1) is 12.8 Å². The Labute approximate surface area is 76.6 Å². The van der Waals surface area contributed by atoms with Gasteiger partial charge in [-0.3, -0.25) is 0 Å². The zero-order valence-electron chi connectivity index (χ0n) is 7.41. The van der Waals surface area contributed by atoms with E-state index in [4.69, 9.17) is 4.74 Å². The Morgan fingerprint density at radius 3 is 2.83 bits per heavy atom. The van der Waals surface area contributed by atoms with Gasteiger partial charge >= 0.3 is 0 Å². The number of hydrogen-bond donors (Lipinski definition) is 0. The summed E-state index contributed by atoms with van der Waals surface area (Å²) in [6.07, 6.45) is 2.87. The Balaban J connectivity index is 2.15. The summed E-state index contributed by atoms with van der Waals surface area (Å²) in [4.78, 5) is 4.44. The molecule has 1 aliphatic carbocycles. The molecule has 12 heavy (non-hydrogen) atoms. The van der Waals surface area contributed by atoms with Crippen LogP contribution in [-0.4, -0.2) is 12.1 Å². The van der Waals surface area contributed by atoms with Gasteiger partial charge in [0.25, 0.3) is 0 Å². The van der Waals surface area contributed by atoms with Crippen LogP contribution in [0.2, 0.25) is 0 Å². The second-order valence-electron chi connectivity index (χ2n) is 3.32. The average Bonchev–Trinajstić information content (AvgIpc) is 2.78. The fourth-order valence-corrected chi connectivity index (χ4v) is 2.36. The summed E-state index contributed by atoms with van der Waals surface area (Å²) < 4.78 is 5.42. The molecule has 0 bridgehead atoms. The molecule has 0 saturated heterocycles. The van der Waals surface area contributed by atoms with Crippen LogP contribution in [0.4, 0.5) is 0 Å². The number of rotatable bonds is 3. The monoisotopic (exact) mass is 183 g/mol. The number of thiazole rings is 1. The molecule has 1 aromatic rings. The van der Waals surface area contributed by atoms with Gasteiger partial charge in [-0.2, -0.15) is 0 Å². The Morgan fingerprint density at radius 2 is 2.42 bits per heavy atom. The van der Waals surface area contributed by atoms with E-state index in [2.05, 4.69) is 10.4 Å². The minimum Gasteiger partial charge on any atom is -0.374 e. The number of nitrogens with zero attached hydrogens (tertiary/aromatic N) is 1. The topological polar surface area (TPSA) is 22.1 Å². The van der Waals surface area contributed by atoms with E-state index in [-0.39, 0.29) is 6.10 Å². The maximum Gasteiger partial charge on any atom is 0.122 e. The van der Waals surface area contributed by atoms with Gasteiger partial charge in [-0.15, -0.1) is 11.3 Å². The van der Waals surface area contributed by atoms with E-state index in [1.54, 1.807) is 18.4 Å². The van der Waals surface area contributed by atoms with Crippen LogP contribution in [0.15, 0.2) is 5.38 Å². The lowest BCUT2D eigenvalue weighted by molar-refractivity contribution is 0.0843. The van der Waals surface area contributed by atoms with Gasteiger partial charge in [-0.25, -0.2) is 4.98 Å². The Kier molecular flexibility index (Phi) is 2.15. The zero-order chi connectivity index (χ0) is 8.55. The normalized spacial score (nSPS) is 19.5. The molecule has 0 spiro atoms. The number of aromatic nitrogens is 1. The number of hydrogen-bond acceptors (Lipinski definition) is 3. The van der Waals surface area contributed by atoms with Gasteiger partial charge in [0, 0.05) is 18.2 Å². The summed E-state index contributed by atoms with van der Waals surface area (Å²) in [5.41, 5.74) is 1.11. The third-order valence-electron chi connectivity index (χ3n) is 2.18. The predicted octanol–water partition coefficient (Wildman–Crippen LogP) is 2.55. The van der Waals surface area contributed by atoms with Crippen molar-refractivity contribution in [2.75, 3.05) is 7.11 Å². The molecule has 0 aromatic carbocycles. The molecule has 2 rings (SSSR count). The van der Waals surface area contributed by atoms with Crippen molar-refractivity contribution in [3.05, 3.63) is 16.1 Å². The molecule has 1 saturated carbocycles. The SMILES string of the molecule is COC(c1nc(C)cs1)C1CC1. The van der Waals surface area contributed by atoms with E-state index >= 15 is 0 Å². The van der Waals surface area contributed by atoms with Crippen LogP contribution in [0.25, 0.3) is 0 Å². The first-order chi connectivity index (χ1) is 5.81. The van der Waals surface area contributed by atoms with Gasteiger partial charge in [0.2, 0.25) is 0 Å². The molecular weight excluding hydrogens is 170 g/mol. The molecule has 1 unspecified atom stereocenters. The minimum atomic E-state index is 0.267. The molecule has 66 valence electrons. The van der Waals surface area contributed by atoms with E-state index in [0.717, 1.165) is 16.6 Å². The van der Waals surface area contributed by atoms with Gasteiger partial charge < -0.3 is 4.74 Å². The van der Waals surface area contributed by atoms with Crippen LogP contribution in [0.1, 0.15) is 29.6 Å². The van der Waals surface area contributed by atoms with E-state index in [1.807, 2.05) is 6.92 Å². The van der Waals surface area contributed by atoms with Crippen molar-refractivity contribution in [1.82, 2.24) is 4.98 Å². The highest BCUT2D eigenvalue weighted by Gasteiger charge is 2.34. The van der Waals surface area contributed by atoms with Crippen LogP contribution in [0.3, 0.4) is 0 Å². The highest BCUT2D eigenvalue weighted by atomic mass is 32.1. The fraction of sp³-hybridized carbons (Fsp3) is 0.667. The van der Waals surface area contributed by atoms with Gasteiger partial charge in [-0.1, -0.05) is 0 Å². The highest BCUT2D eigenvalue weighted by molar-refractivity contribution is 7.09. The summed E-state index contributed by atoms with van der Waals surface area (Å²) in [7, 11) is 1.78. The number of methoxy groups -OCH3 is 1. The van der Waals surface area contributed by atoms with Crippen molar-refractivity contribution in [2.45, 2.75) is 25.9 Å². The summed E-state index contributed by atoms with van der Waals surface area (Å²) in [5.74, 6) is 0.737. The largest absolute Gasteiger partial charge is 0.374 e. The lowest BCUT2D eigenvalue weighted by Gasteiger charge is -2.09. The zero-order valence-corrected chi connectivity index (χ0v) is 8.23. The van der Waals surface area contributed by atoms with E-state index < -0.39 is 0 Å². The molecule has 0 N–H and O–H groups in total. The summed E-state index contributed by atoms with van der Waals surface area (Å²) >= 11 is 1.71.